The highest BCUT2D eigenvalue weighted by Gasteiger charge is 2.34. The smallest absolute Gasteiger partial charge is 0.226 e. The van der Waals surface area contributed by atoms with Gasteiger partial charge in [0.15, 0.2) is 0 Å². The Morgan fingerprint density at radius 3 is 2.84 bits per heavy atom. The van der Waals surface area contributed by atoms with Gasteiger partial charge in [-0.3, -0.25) is 14.7 Å². The predicted octanol–water partition coefficient (Wildman–Crippen LogP) is 4.43. The number of aromatic nitrogens is 2. The number of thiophene rings is 1. The van der Waals surface area contributed by atoms with E-state index >= 15 is 0 Å². The van der Waals surface area contributed by atoms with Crippen molar-refractivity contribution in [3.05, 3.63) is 40.0 Å². The molecule has 38 heavy (non-hydrogen) atoms. The molecule has 0 radical (unpaired) electrons. The number of ether oxygens (including phenoxy) is 1. The van der Waals surface area contributed by atoms with E-state index in [0.717, 1.165) is 84.4 Å². The summed E-state index contributed by atoms with van der Waals surface area (Å²) in [7, 11) is 0. The average Bonchev–Trinajstić information content (AvgIpc) is 3.49. The fourth-order valence-electron chi connectivity index (χ4n) is 6.13. The average molecular weight is 531 g/mol. The van der Waals surface area contributed by atoms with Crippen molar-refractivity contribution in [1.29, 1.82) is 0 Å². The third-order valence-corrected chi connectivity index (χ3v) is 9.54. The molecule has 4 heterocycles. The number of piperazine rings is 1. The molecule has 1 unspecified atom stereocenters. The molecule has 2 fully saturated rings. The van der Waals surface area contributed by atoms with Gasteiger partial charge in [-0.05, 0) is 73.8 Å². The van der Waals surface area contributed by atoms with E-state index < -0.39 is 0 Å². The molecule has 7 rings (SSSR count). The minimum atomic E-state index is 0.0652. The summed E-state index contributed by atoms with van der Waals surface area (Å²) in [6, 6.07) is 4.18. The Balaban J connectivity index is 1.10. The van der Waals surface area contributed by atoms with E-state index in [1.165, 1.54) is 35.4 Å². The number of fused-ring (bicyclic) bond motifs is 4. The van der Waals surface area contributed by atoms with E-state index in [2.05, 4.69) is 42.2 Å². The van der Waals surface area contributed by atoms with E-state index in [0.29, 0.717) is 19.1 Å². The number of aryl methyl sites for hydroxylation is 1. The quantitative estimate of drug-likeness (QED) is 0.487. The maximum Gasteiger partial charge on any atom is 0.226 e. The molecule has 1 aromatic carbocycles. The number of anilines is 2. The summed E-state index contributed by atoms with van der Waals surface area (Å²) >= 11 is 1.72. The number of amides is 1. The molecule has 4 aliphatic rings. The van der Waals surface area contributed by atoms with E-state index in [-0.39, 0.29) is 5.92 Å². The summed E-state index contributed by atoms with van der Waals surface area (Å²) in [5.41, 5.74) is 4.48. The first-order valence-electron chi connectivity index (χ1n) is 14.0. The van der Waals surface area contributed by atoms with Crippen LogP contribution in [0.2, 0.25) is 0 Å². The molecule has 3 aromatic rings. The minimum Gasteiger partial charge on any atom is -0.492 e. The van der Waals surface area contributed by atoms with Crippen molar-refractivity contribution < 1.29 is 9.53 Å². The Labute approximate surface area is 227 Å². The van der Waals surface area contributed by atoms with E-state index in [1.807, 2.05) is 13.1 Å². The van der Waals surface area contributed by atoms with Crippen molar-refractivity contribution in [3.63, 3.8) is 0 Å². The summed E-state index contributed by atoms with van der Waals surface area (Å²) in [5, 5.41) is 4.65. The Kier molecular flexibility index (Phi) is 6.28. The summed E-state index contributed by atoms with van der Waals surface area (Å²) in [4.78, 5) is 34.1. The van der Waals surface area contributed by atoms with E-state index in [4.69, 9.17) is 4.74 Å². The Hall–Kier alpha value is -3.04. The van der Waals surface area contributed by atoms with Gasteiger partial charge in [-0.1, -0.05) is 0 Å². The molecule has 1 atom stereocenters. The van der Waals surface area contributed by atoms with Gasteiger partial charge in [0.1, 0.15) is 22.7 Å². The van der Waals surface area contributed by atoms with Gasteiger partial charge in [0.2, 0.25) is 5.91 Å². The number of rotatable bonds is 7. The second kappa shape index (κ2) is 9.93. The third kappa shape index (κ3) is 4.56. The van der Waals surface area contributed by atoms with Crippen molar-refractivity contribution in [1.82, 2.24) is 19.8 Å². The first kappa shape index (κ1) is 24.0. The van der Waals surface area contributed by atoms with Crippen LogP contribution in [0.5, 0.6) is 5.75 Å². The van der Waals surface area contributed by atoms with Crippen LogP contribution in [0.3, 0.4) is 0 Å². The second-order valence-electron chi connectivity index (χ2n) is 11.0. The zero-order chi connectivity index (χ0) is 25.6. The van der Waals surface area contributed by atoms with Crippen LogP contribution in [0.1, 0.15) is 47.8 Å². The van der Waals surface area contributed by atoms with Crippen LogP contribution in [0.25, 0.3) is 10.2 Å². The fraction of sp³-hybridized carbons (Fsp3) is 0.517. The highest BCUT2D eigenvalue weighted by atomic mass is 32.1. The standard InChI is InChI=1S/C29H34N6O2S/c1-2-37-24-12-21-15-30-14-20(21)11-23(24)33-27-26-22-6-5-19(13-25(22)38-28(26)32-17-31-27)29(36)35-9-7-34(8-10-35)16-18-3-4-18/h11-12,14,17-19H,2-10,13,15-16H2,1H3,(H,31,32,33). The Morgan fingerprint density at radius 2 is 2.03 bits per heavy atom. The number of carbonyl (C=O) groups is 1. The molecule has 2 aromatic heterocycles. The highest BCUT2D eigenvalue weighted by Crippen LogP contribution is 2.42. The summed E-state index contributed by atoms with van der Waals surface area (Å²) in [6.07, 6.45) is 8.88. The molecule has 2 aliphatic carbocycles. The zero-order valence-electron chi connectivity index (χ0n) is 21.9. The number of hydrogen-bond acceptors (Lipinski definition) is 8. The maximum atomic E-state index is 13.5. The summed E-state index contributed by atoms with van der Waals surface area (Å²) in [5.74, 6) is 2.93. The van der Waals surface area contributed by atoms with Crippen molar-refractivity contribution in [3.8, 4) is 5.75 Å². The lowest BCUT2D eigenvalue weighted by molar-refractivity contribution is -0.137. The number of aliphatic imine (C=N–C) groups is 1. The first-order chi connectivity index (χ1) is 18.7. The number of carbonyl (C=O) groups excluding carboxylic acids is 1. The number of nitrogens with zero attached hydrogens (tertiary/aromatic N) is 5. The van der Waals surface area contributed by atoms with Crippen LogP contribution < -0.4 is 10.1 Å². The first-order valence-corrected chi connectivity index (χ1v) is 14.8. The Bertz CT molecular complexity index is 1410. The van der Waals surface area contributed by atoms with Crippen LogP contribution in [-0.2, 0) is 24.2 Å². The molecule has 1 N–H and O–H groups in total. The predicted molar refractivity (Wildman–Crippen MR) is 151 cm³/mol. The SMILES string of the molecule is CCOc1cc2c(cc1Nc1ncnc3sc4c(c13)CCC(C(=O)N1CCN(CC3CC3)CC1)C4)C=NC2. The van der Waals surface area contributed by atoms with Crippen molar-refractivity contribution in [2.24, 2.45) is 16.8 Å². The largest absolute Gasteiger partial charge is 0.492 e. The topological polar surface area (TPSA) is 82.9 Å². The van der Waals surface area contributed by atoms with Gasteiger partial charge in [-0.15, -0.1) is 11.3 Å². The molecule has 8 nitrogen and oxygen atoms in total. The van der Waals surface area contributed by atoms with Crippen LogP contribution in [0.15, 0.2) is 23.5 Å². The number of benzene rings is 1. The normalized spacial score (nSPS) is 21.0. The third-order valence-electron chi connectivity index (χ3n) is 8.38. The van der Waals surface area contributed by atoms with Crippen molar-refractivity contribution in [2.75, 3.05) is 44.6 Å². The molecule has 198 valence electrons. The summed E-state index contributed by atoms with van der Waals surface area (Å²) < 4.78 is 5.96. The highest BCUT2D eigenvalue weighted by molar-refractivity contribution is 7.19. The van der Waals surface area contributed by atoms with Gasteiger partial charge < -0.3 is 15.0 Å². The number of nitrogens with one attached hydrogen (secondary N) is 1. The van der Waals surface area contributed by atoms with Crippen molar-refractivity contribution >= 4 is 45.2 Å². The van der Waals surface area contributed by atoms with Gasteiger partial charge >= 0.3 is 0 Å². The van der Waals surface area contributed by atoms with Gasteiger partial charge in [0.25, 0.3) is 0 Å². The van der Waals surface area contributed by atoms with Crippen LogP contribution in [0, 0.1) is 11.8 Å². The van der Waals surface area contributed by atoms with Gasteiger partial charge in [-0.25, -0.2) is 9.97 Å². The lowest BCUT2D eigenvalue weighted by Crippen LogP contribution is -2.51. The molecule has 1 saturated carbocycles. The summed E-state index contributed by atoms with van der Waals surface area (Å²) in [6.45, 7) is 8.28. The molecular formula is C29H34N6O2S. The van der Waals surface area contributed by atoms with Crippen molar-refractivity contribution in [2.45, 2.75) is 45.6 Å². The zero-order valence-corrected chi connectivity index (χ0v) is 22.7. The second-order valence-corrected chi connectivity index (χ2v) is 12.1. The molecule has 0 spiro atoms. The molecular weight excluding hydrogens is 496 g/mol. The van der Waals surface area contributed by atoms with E-state index in [1.54, 1.807) is 17.7 Å². The molecule has 9 heteroatoms. The van der Waals surface area contributed by atoms with E-state index in [9.17, 15) is 4.79 Å². The van der Waals surface area contributed by atoms with Crippen LogP contribution >= 0.6 is 11.3 Å². The molecule has 1 saturated heterocycles. The lowest BCUT2D eigenvalue weighted by atomic mass is 9.86. The van der Waals surface area contributed by atoms with Crippen LogP contribution in [0.4, 0.5) is 11.5 Å². The van der Waals surface area contributed by atoms with Crippen LogP contribution in [-0.4, -0.2) is 71.2 Å². The molecule has 0 bridgehead atoms. The van der Waals surface area contributed by atoms with Gasteiger partial charge in [0, 0.05) is 49.7 Å². The monoisotopic (exact) mass is 530 g/mol. The van der Waals surface area contributed by atoms with Gasteiger partial charge in [0.05, 0.1) is 24.2 Å². The minimum absolute atomic E-state index is 0.0652. The number of hydrogen-bond donors (Lipinski definition) is 1. The molecule has 1 amide bonds. The van der Waals surface area contributed by atoms with Gasteiger partial charge in [-0.2, -0.15) is 0 Å². The molecule has 2 aliphatic heterocycles. The maximum absolute atomic E-state index is 13.5. The Morgan fingerprint density at radius 1 is 1.16 bits per heavy atom. The lowest BCUT2D eigenvalue weighted by Gasteiger charge is -2.37. The fourth-order valence-corrected chi connectivity index (χ4v) is 7.40.